The molecule has 0 N–H and O–H groups in total. The number of anilines is 1. The van der Waals surface area contributed by atoms with Crippen molar-refractivity contribution >= 4 is 33.2 Å². The number of benzene rings is 2. The van der Waals surface area contributed by atoms with Crippen LogP contribution in [-0.2, 0) is 12.4 Å². The van der Waals surface area contributed by atoms with E-state index in [-0.39, 0.29) is 0 Å². The van der Waals surface area contributed by atoms with Crippen molar-refractivity contribution in [1.29, 1.82) is 5.26 Å². The molecule has 0 aromatic heterocycles. The molecule has 2 rings (SSSR count). The van der Waals surface area contributed by atoms with Crippen molar-refractivity contribution in [2.45, 2.75) is 12.4 Å². The predicted molar refractivity (Wildman–Crippen MR) is 87.0 cm³/mol. The monoisotopic (exact) mass is 348 g/mol. The molecule has 0 unspecified atom stereocenters. The number of rotatable bonds is 4. The number of halogens is 2. The van der Waals surface area contributed by atoms with Crippen LogP contribution >= 0.6 is 27.5 Å². The Morgan fingerprint density at radius 3 is 2.65 bits per heavy atom. The maximum absolute atomic E-state index is 9.27. The molecule has 0 atom stereocenters. The van der Waals surface area contributed by atoms with Crippen LogP contribution < -0.4 is 4.90 Å². The van der Waals surface area contributed by atoms with Crippen molar-refractivity contribution in [3.8, 4) is 6.07 Å². The van der Waals surface area contributed by atoms with Gasteiger partial charge in [0.2, 0.25) is 0 Å². The third kappa shape index (κ3) is 3.53. The molecule has 102 valence electrons. The minimum atomic E-state index is 0.421. The Labute approximate surface area is 132 Å². The van der Waals surface area contributed by atoms with Crippen LogP contribution in [0.25, 0.3) is 0 Å². The Kier molecular flexibility index (Phi) is 5.05. The fraction of sp³-hybridized carbons (Fsp3) is 0.188. The summed E-state index contributed by atoms with van der Waals surface area (Å²) in [5.41, 5.74) is 3.72. The van der Waals surface area contributed by atoms with E-state index in [9.17, 15) is 5.26 Å². The molecule has 0 bridgehead atoms. The highest BCUT2D eigenvalue weighted by atomic mass is 79.9. The molecule has 2 aromatic carbocycles. The molecular formula is C16H14BrClN2. The summed E-state index contributed by atoms with van der Waals surface area (Å²) in [6.45, 7) is 0.744. The maximum atomic E-state index is 9.27. The molecule has 2 nitrogen and oxygen atoms in total. The third-order valence-corrected chi connectivity index (χ3v) is 3.86. The second kappa shape index (κ2) is 6.78. The largest absolute Gasteiger partial charge is 0.369 e. The zero-order valence-electron chi connectivity index (χ0n) is 11.1. The van der Waals surface area contributed by atoms with Crippen LogP contribution in [0.3, 0.4) is 0 Å². The number of hydrogen-bond acceptors (Lipinski definition) is 2. The Bertz CT molecular complexity index is 649. The molecule has 0 radical (unpaired) electrons. The van der Waals surface area contributed by atoms with Crippen LogP contribution in [0.15, 0.2) is 46.9 Å². The maximum Gasteiger partial charge on any atom is 0.101 e. The lowest BCUT2D eigenvalue weighted by molar-refractivity contribution is 0.919. The predicted octanol–water partition coefficient (Wildman–Crippen LogP) is 4.70. The molecule has 0 aliphatic heterocycles. The smallest absolute Gasteiger partial charge is 0.101 e. The first-order valence-corrected chi connectivity index (χ1v) is 7.51. The van der Waals surface area contributed by atoms with E-state index in [0.29, 0.717) is 11.4 Å². The molecule has 0 heterocycles. The van der Waals surface area contributed by atoms with Gasteiger partial charge in [-0.05, 0) is 35.4 Å². The zero-order valence-corrected chi connectivity index (χ0v) is 13.4. The van der Waals surface area contributed by atoms with Crippen LogP contribution in [-0.4, -0.2) is 7.05 Å². The van der Waals surface area contributed by atoms with Crippen molar-refractivity contribution in [2.24, 2.45) is 0 Å². The number of nitrogens with zero attached hydrogens (tertiary/aromatic N) is 2. The first kappa shape index (κ1) is 14.9. The molecule has 2 aromatic rings. The van der Waals surface area contributed by atoms with Gasteiger partial charge in [0.15, 0.2) is 0 Å². The van der Waals surface area contributed by atoms with Gasteiger partial charge in [0, 0.05) is 23.9 Å². The van der Waals surface area contributed by atoms with Gasteiger partial charge in [-0.25, -0.2) is 0 Å². The van der Waals surface area contributed by atoms with Crippen LogP contribution in [0, 0.1) is 11.3 Å². The highest BCUT2D eigenvalue weighted by molar-refractivity contribution is 9.10. The summed E-state index contributed by atoms with van der Waals surface area (Å²) in [4.78, 5) is 2.07. The van der Waals surface area contributed by atoms with E-state index in [1.165, 1.54) is 5.56 Å². The standard InChI is InChI=1S/C16H14BrClN2/c1-20(11-13-3-2-4-15(17)8-13)16-6-5-12(9-18)7-14(16)10-19/h2-8H,9,11H2,1H3. The normalized spacial score (nSPS) is 10.1. The Morgan fingerprint density at radius 1 is 1.20 bits per heavy atom. The molecule has 0 saturated heterocycles. The van der Waals surface area contributed by atoms with Gasteiger partial charge in [0.05, 0.1) is 11.3 Å². The lowest BCUT2D eigenvalue weighted by Crippen LogP contribution is -2.17. The van der Waals surface area contributed by atoms with Crippen molar-refractivity contribution in [1.82, 2.24) is 0 Å². The molecule has 0 amide bonds. The second-order valence-corrected chi connectivity index (χ2v) is 5.77. The Hall–Kier alpha value is -1.50. The van der Waals surface area contributed by atoms with E-state index in [4.69, 9.17) is 11.6 Å². The Morgan fingerprint density at radius 2 is 2.00 bits per heavy atom. The average molecular weight is 350 g/mol. The summed E-state index contributed by atoms with van der Waals surface area (Å²) in [5.74, 6) is 0.421. The molecule has 0 aliphatic rings. The fourth-order valence-corrected chi connectivity index (χ4v) is 2.70. The van der Waals surface area contributed by atoms with E-state index in [1.54, 1.807) is 0 Å². The number of hydrogen-bond donors (Lipinski definition) is 0. The summed E-state index contributed by atoms with van der Waals surface area (Å²) in [6.07, 6.45) is 0. The van der Waals surface area contributed by atoms with Crippen molar-refractivity contribution in [3.63, 3.8) is 0 Å². The van der Waals surface area contributed by atoms with E-state index in [0.717, 1.165) is 22.3 Å². The highest BCUT2D eigenvalue weighted by Gasteiger charge is 2.09. The first-order chi connectivity index (χ1) is 9.63. The summed E-state index contributed by atoms with van der Waals surface area (Å²) >= 11 is 9.28. The summed E-state index contributed by atoms with van der Waals surface area (Å²) in [7, 11) is 1.98. The second-order valence-electron chi connectivity index (χ2n) is 4.58. The molecule has 20 heavy (non-hydrogen) atoms. The van der Waals surface area contributed by atoms with E-state index in [1.807, 2.05) is 37.4 Å². The zero-order chi connectivity index (χ0) is 14.5. The number of nitriles is 1. The van der Waals surface area contributed by atoms with Gasteiger partial charge in [0.1, 0.15) is 6.07 Å². The summed E-state index contributed by atoms with van der Waals surface area (Å²) in [5, 5.41) is 9.27. The van der Waals surface area contributed by atoms with Gasteiger partial charge >= 0.3 is 0 Å². The fourth-order valence-electron chi connectivity index (χ4n) is 2.08. The molecule has 4 heteroatoms. The minimum absolute atomic E-state index is 0.421. The van der Waals surface area contributed by atoms with Gasteiger partial charge in [0.25, 0.3) is 0 Å². The molecular weight excluding hydrogens is 336 g/mol. The van der Waals surface area contributed by atoms with Crippen molar-refractivity contribution < 1.29 is 0 Å². The van der Waals surface area contributed by atoms with Gasteiger partial charge in [-0.2, -0.15) is 5.26 Å². The van der Waals surface area contributed by atoms with Crippen molar-refractivity contribution in [2.75, 3.05) is 11.9 Å². The topological polar surface area (TPSA) is 27.0 Å². The molecule has 0 aliphatic carbocycles. The molecule has 0 spiro atoms. The van der Waals surface area contributed by atoms with Crippen LogP contribution in [0.2, 0.25) is 0 Å². The highest BCUT2D eigenvalue weighted by Crippen LogP contribution is 2.23. The quantitative estimate of drug-likeness (QED) is 0.748. The average Bonchev–Trinajstić information content (AvgIpc) is 2.46. The van der Waals surface area contributed by atoms with E-state index >= 15 is 0 Å². The van der Waals surface area contributed by atoms with Gasteiger partial charge < -0.3 is 4.90 Å². The molecule has 0 fully saturated rings. The summed E-state index contributed by atoms with van der Waals surface area (Å²) in [6, 6.07) is 16.2. The van der Waals surface area contributed by atoms with E-state index < -0.39 is 0 Å². The van der Waals surface area contributed by atoms with Crippen LogP contribution in [0.5, 0.6) is 0 Å². The lowest BCUT2D eigenvalue weighted by Gasteiger charge is -2.21. The third-order valence-electron chi connectivity index (χ3n) is 3.06. The van der Waals surface area contributed by atoms with Crippen LogP contribution in [0.4, 0.5) is 5.69 Å². The summed E-state index contributed by atoms with van der Waals surface area (Å²) < 4.78 is 1.06. The minimum Gasteiger partial charge on any atom is -0.369 e. The SMILES string of the molecule is CN(Cc1cccc(Br)c1)c1ccc(CCl)cc1C#N. The first-order valence-electron chi connectivity index (χ1n) is 6.18. The Balaban J connectivity index is 2.25. The number of alkyl halides is 1. The molecule has 0 saturated carbocycles. The van der Waals surface area contributed by atoms with Gasteiger partial charge in [-0.3, -0.25) is 0 Å². The van der Waals surface area contributed by atoms with Crippen molar-refractivity contribution in [3.05, 3.63) is 63.6 Å². The van der Waals surface area contributed by atoms with Crippen LogP contribution in [0.1, 0.15) is 16.7 Å². The lowest BCUT2D eigenvalue weighted by atomic mass is 10.1. The van der Waals surface area contributed by atoms with Gasteiger partial charge in [-0.15, -0.1) is 11.6 Å². The van der Waals surface area contributed by atoms with E-state index in [2.05, 4.69) is 39.0 Å². The van der Waals surface area contributed by atoms with Gasteiger partial charge in [-0.1, -0.05) is 34.1 Å².